The lowest BCUT2D eigenvalue weighted by atomic mass is 9.79. The van der Waals surface area contributed by atoms with Crippen LogP contribution >= 0.6 is 67.7 Å². The van der Waals surface area contributed by atoms with Gasteiger partial charge in [-0.1, -0.05) is 99.0 Å². The number of phenolic OH excluding ortho intramolecular Hbond substituents is 1. The molecule has 0 bridgehead atoms. The predicted octanol–water partition coefficient (Wildman–Crippen LogP) is 19.8. The molecular formula is C94H106BBr2Cl3F4N18O10. The number of hydrogen-bond acceptors (Lipinski definition) is 25. The number of piperidine rings is 3. The van der Waals surface area contributed by atoms with Crippen LogP contribution in [-0.4, -0.2) is 181 Å². The number of halogens is 9. The van der Waals surface area contributed by atoms with Crippen LogP contribution in [0.5, 0.6) is 46.0 Å². The van der Waals surface area contributed by atoms with Crippen molar-refractivity contribution in [3.8, 4) is 102 Å². The fourth-order valence-corrected chi connectivity index (χ4v) is 18.3. The highest BCUT2D eigenvalue weighted by atomic mass is 79.9. The minimum Gasteiger partial charge on any atom is -0.507 e. The van der Waals surface area contributed by atoms with Gasteiger partial charge in [-0.25, -0.2) is 31.6 Å². The molecule has 0 atom stereocenters. The number of rotatable bonds is 16. The molecule has 8 aromatic carbocycles. The quantitative estimate of drug-likeness (QED) is 0.0297. The first kappa shape index (κ1) is 102. The molecule has 0 unspecified atom stereocenters. The highest BCUT2D eigenvalue weighted by molar-refractivity contribution is 9.10. The van der Waals surface area contributed by atoms with Gasteiger partial charge >= 0.3 is 7.12 Å². The summed E-state index contributed by atoms with van der Waals surface area (Å²) < 4.78 is 98.7. The molecule has 0 radical (unpaired) electrons. The lowest BCUT2D eigenvalue weighted by Crippen LogP contribution is -2.58. The molecule has 3 aliphatic rings. The summed E-state index contributed by atoms with van der Waals surface area (Å²) >= 11 is 20.3. The van der Waals surface area contributed by atoms with E-state index in [1.54, 1.807) is 151 Å². The zero-order chi connectivity index (χ0) is 95.0. The van der Waals surface area contributed by atoms with Crippen LogP contribution in [0.2, 0.25) is 15.2 Å². The summed E-state index contributed by atoms with van der Waals surface area (Å²) in [6.07, 6.45) is 5.47. The van der Waals surface area contributed by atoms with Gasteiger partial charge in [0.05, 0.1) is 93.8 Å². The van der Waals surface area contributed by atoms with Crippen molar-refractivity contribution in [2.75, 3.05) is 49.8 Å². The monoisotopic (exact) mass is 2000 g/mol. The SMILES string of the molecule is Br.CC1(C)CC(n2nnc3cc(Cl)nnc32)CC(C)(C)N1.COc1cc(Br)c(F)cc1Cl.COc1ccc(-c2cc(O)c(-c3cc4nnn(C5CC(C)(C)NC(C)(C)C5)c4nn3)cc2F)cc1.COc1ccc(-c2cc(OC)c(-c3cc4nnn(C5CC(C)(C)NC(C)(C)C5)c4nn3)cc2F)cc1.COc1ccc(-c2cc(OC)c(Cl)cc2F)cc1.COc1ccc(B(O)O)cc1. The normalized spacial score (nSPS) is 15.7. The van der Waals surface area contributed by atoms with Crippen LogP contribution < -0.4 is 54.6 Å². The molecule has 132 heavy (non-hydrogen) atoms. The molecule has 3 saturated heterocycles. The number of phenols is 1. The van der Waals surface area contributed by atoms with E-state index in [4.69, 9.17) is 78.0 Å². The lowest BCUT2D eigenvalue weighted by molar-refractivity contribution is 0.126. The molecule has 0 spiro atoms. The number of hydrogen-bond donors (Lipinski definition) is 6. The topological polar surface area (TPSA) is 331 Å². The second kappa shape index (κ2) is 42.5. The maximum absolute atomic E-state index is 15.3. The van der Waals surface area contributed by atoms with E-state index in [1.807, 2.05) is 26.2 Å². The Bertz CT molecular complexity index is 6300. The van der Waals surface area contributed by atoms with Crippen LogP contribution in [0.1, 0.15) is 140 Å². The van der Waals surface area contributed by atoms with Crippen LogP contribution in [0.3, 0.4) is 0 Å². The van der Waals surface area contributed by atoms with E-state index in [9.17, 15) is 13.9 Å². The summed E-state index contributed by atoms with van der Waals surface area (Å²) in [4.78, 5) is 0. The van der Waals surface area contributed by atoms with Crippen LogP contribution in [0.4, 0.5) is 17.6 Å². The largest absolute Gasteiger partial charge is 0.507 e. The van der Waals surface area contributed by atoms with Crippen LogP contribution in [0.25, 0.3) is 89.4 Å². The van der Waals surface area contributed by atoms with E-state index >= 15 is 8.78 Å². The summed E-state index contributed by atoms with van der Waals surface area (Å²) in [6, 6.07) is 44.8. The summed E-state index contributed by atoms with van der Waals surface area (Å²) in [5, 5.41) is 91.6. The summed E-state index contributed by atoms with van der Waals surface area (Å²) in [7, 11) is 9.43. The van der Waals surface area contributed by atoms with E-state index in [1.165, 1.54) is 50.6 Å². The molecule has 14 aromatic rings. The third-order valence-electron chi connectivity index (χ3n) is 22.2. The minimum absolute atomic E-state index is 0. The number of ether oxygens (including phenoxy) is 7. The van der Waals surface area contributed by atoms with Gasteiger partial charge in [0, 0.05) is 67.1 Å². The molecular weight excluding hydrogens is 1890 g/mol. The molecule has 6 N–H and O–H groups in total. The van der Waals surface area contributed by atoms with Crippen molar-refractivity contribution in [3.63, 3.8) is 0 Å². The van der Waals surface area contributed by atoms with E-state index in [0.717, 1.165) is 55.4 Å². The van der Waals surface area contributed by atoms with E-state index in [-0.39, 0.29) is 107 Å². The average molecular weight is 2000 g/mol. The van der Waals surface area contributed by atoms with Crippen molar-refractivity contribution in [1.29, 1.82) is 0 Å². The van der Waals surface area contributed by atoms with Crippen LogP contribution in [-0.2, 0) is 0 Å². The Morgan fingerprint density at radius 1 is 0.356 bits per heavy atom. The van der Waals surface area contributed by atoms with Gasteiger partial charge in [0.1, 0.15) is 85.8 Å². The molecule has 0 amide bonds. The molecule has 0 aliphatic carbocycles. The number of aromatic hydroxyl groups is 1. The Morgan fingerprint density at radius 3 is 1.02 bits per heavy atom. The van der Waals surface area contributed by atoms with Gasteiger partial charge < -0.3 is 64.3 Å². The minimum atomic E-state index is -1.40. The van der Waals surface area contributed by atoms with Gasteiger partial charge in [-0.15, -0.1) is 62.9 Å². The molecule has 17 rings (SSSR count). The lowest BCUT2D eigenvalue weighted by Gasteiger charge is -2.46. The molecule has 9 heterocycles. The second-order valence-electron chi connectivity index (χ2n) is 35.8. The Morgan fingerprint density at radius 2 is 0.659 bits per heavy atom. The molecule has 698 valence electrons. The average Bonchev–Trinajstić information content (AvgIpc) is 1.58. The molecule has 3 fully saturated rings. The number of methoxy groups -OCH3 is 7. The number of fused-ring (bicyclic) bond motifs is 3. The first-order valence-corrected chi connectivity index (χ1v) is 43.7. The first-order chi connectivity index (χ1) is 61.9. The highest BCUT2D eigenvalue weighted by Crippen LogP contribution is 2.44. The number of nitrogens with zero attached hydrogens (tertiary/aromatic N) is 15. The fourth-order valence-electron chi connectivity index (χ4n) is 17.3. The molecule has 28 nitrogen and oxygen atoms in total. The van der Waals surface area contributed by atoms with E-state index < -0.39 is 18.8 Å². The Hall–Kier alpha value is -11.0. The highest BCUT2D eigenvalue weighted by Gasteiger charge is 2.43. The Kier molecular flexibility index (Phi) is 32.7. The standard InChI is InChI=1S/C27H31FN6O2.C26H29FN6O2.C14H12ClFO2.C13H19ClN6.C7H9BO3.C7H5BrClFO.BrH/c1-26(2)14-17(15-27(3,4)32-26)34-25-23(30-33-34)13-22(29-31-25)20-11-21(28)19(12-24(20)36-6)16-7-9-18(35-5)10-8-16;1-25(2)13-16(14-26(3,4)31-25)33-24-22(29-32-33)12-21(28-30-24)19-10-20(27)18(11-23(19)34)15-6-8-17(35-5)9-7-15;1-17-10-5-3-9(4-6-10)11-7-14(18-2)12(15)8-13(11)16;1-12(2)6-8(7-13(3,4)18-12)20-11-9(15-19-20)5-10(14)16-17-11;1-11-7-4-2-6(3-5-7)8(9)10;1-11-7-2-4(8)6(10)3-5(7)9;/h7-13,17,32H,14-15H2,1-6H3;6-12,16,31,34H,13-14H2,1-5H3;3-8H,1-2H3;5,8,18H,6-7H2,1-4H3;2-5,9-10H,1H3;2-3H,1H3;1H. The van der Waals surface area contributed by atoms with Gasteiger partial charge in [0.15, 0.2) is 5.15 Å². The predicted molar refractivity (Wildman–Crippen MR) is 515 cm³/mol. The van der Waals surface area contributed by atoms with Crippen molar-refractivity contribution in [2.24, 2.45) is 0 Å². The first-order valence-electron chi connectivity index (χ1n) is 41.8. The van der Waals surface area contributed by atoms with Gasteiger partial charge in [0.25, 0.3) is 0 Å². The molecule has 0 saturated carbocycles. The van der Waals surface area contributed by atoms with Crippen LogP contribution in [0, 0.1) is 23.3 Å². The second-order valence-corrected chi connectivity index (χ2v) is 37.9. The zero-order valence-electron chi connectivity index (χ0n) is 76.5. The van der Waals surface area contributed by atoms with E-state index in [2.05, 4.69) is 176 Å². The van der Waals surface area contributed by atoms with Crippen molar-refractivity contribution in [1.82, 2.24) is 91.5 Å². The third-order valence-corrected chi connectivity index (χ3v) is 23.5. The molecule has 38 heteroatoms. The number of benzene rings is 8. The Labute approximate surface area is 797 Å². The smallest absolute Gasteiger partial charge is 0.488 e. The fraction of sp³-hybridized carbons (Fsp3) is 0.362. The maximum atomic E-state index is 15.3. The summed E-state index contributed by atoms with van der Waals surface area (Å²) in [5.74, 6) is 2.46. The third kappa shape index (κ3) is 25.1. The van der Waals surface area contributed by atoms with Crippen molar-refractivity contribution < 1.29 is 65.9 Å². The van der Waals surface area contributed by atoms with Crippen molar-refractivity contribution in [3.05, 3.63) is 207 Å². The summed E-state index contributed by atoms with van der Waals surface area (Å²) in [5.41, 5.74) is 8.85. The van der Waals surface area contributed by atoms with Crippen molar-refractivity contribution >= 4 is 114 Å². The Balaban J connectivity index is 0.000000161. The van der Waals surface area contributed by atoms with E-state index in [0.29, 0.717) is 117 Å². The maximum Gasteiger partial charge on any atom is 0.488 e. The van der Waals surface area contributed by atoms with Gasteiger partial charge in [0.2, 0.25) is 16.9 Å². The summed E-state index contributed by atoms with van der Waals surface area (Å²) in [6.45, 7) is 26.3. The van der Waals surface area contributed by atoms with Crippen molar-refractivity contribution in [2.45, 2.75) is 173 Å². The van der Waals surface area contributed by atoms with Gasteiger partial charge in [-0.3, -0.25) is 0 Å². The van der Waals surface area contributed by atoms with Gasteiger partial charge in [-0.05, 0) is 269 Å². The molecule has 6 aromatic heterocycles. The zero-order valence-corrected chi connectivity index (χ0v) is 82.0. The molecule has 3 aliphatic heterocycles. The number of nitrogens with one attached hydrogen (secondary N) is 3. The number of aromatic nitrogens is 15. The van der Waals surface area contributed by atoms with Crippen LogP contribution in [0.15, 0.2) is 168 Å². The van der Waals surface area contributed by atoms with Gasteiger partial charge in [-0.2, -0.15) is 0 Å².